The van der Waals surface area contributed by atoms with E-state index in [4.69, 9.17) is 0 Å². The van der Waals surface area contributed by atoms with Crippen molar-refractivity contribution in [1.29, 1.82) is 0 Å². The molecule has 0 saturated carbocycles. The van der Waals surface area contributed by atoms with E-state index in [1.165, 1.54) is 32.9 Å². The molecule has 1 aliphatic rings. The van der Waals surface area contributed by atoms with Crippen molar-refractivity contribution < 1.29 is 21.6 Å². The normalized spacial score (nSPS) is 16.8. The van der Waals surface area contributed by atoms with Crippen LogP contribution in [0.5, 0.6) is 0 Å². The summed E-state index contributed by atoms with van der Waals surface area (Å²) in [5.41, 5.74) is 1.92. The Bertz CT molecular complexity index is 1210. The molecule has 176 valence electrons. The molecule has 32 heavy (non-hydrogen) atoms. The maximum Gasteiger partial charge on any atom is 0.246 e. The number of hydrogen-bond donors (Lipinski definition) is 1. The summed E-state index contributed by atoms with van der Waals surface area (Å²) in [6.45, 7) is 7.29. The average molecular weight is 484 g/mol. The Hall–Kier alpha value is -2.28. The number of rotatable bonds is 6. The van der Waals surface area contributed by atoms with E-state index in [1.807, 2.05) is 6.92 Å². The van der Waals surface area contributed by atoms with E-state index in [-0.39, 0.29) is 36.0 Å². The van der Waals surface area contributed by atoms with Crippen LogP contribution in [-0.4, -0.2) is 73.9 Å². The number of sulfonamides is 2. The fraction of sp³-hybridized carbons (Fsp3) is 0.500. The molecule has 1 atom stereocenters. The number of nitrogens with zero attached hydrogens (tertiary/aromatic N) is 4. The van der Waals surface area contributed by atoms with E-state index >= 15 is 0 Å². The number of hydrogen-bond acceptors (Lipinski definition) is 6. The van der Waals surface area contributed by atoms with E-state index in [1.54, 1.807) is 33.0 Å². The van der Waals surface area contributed by atoms with Crippen LogP contribution in [0.4, 0.5) is 0 Å². The second-order valence-corrected chi connectivity index (χ2v) is 11.6. The number of aryl methyl sites for hydroxylation is 3. The average Bonchev–Trinajstić information content (AvgIpc) is 2.99. The van der Waals surface area contributed by atoms with Crippen molar-refractivity contribution >= 4 is 26.0 Å². The molecule has 1 amide bonds. The topological polar surface area (TPSA) is 122 Å². The fourth-order valence-corrected chi connectivity index (χ4v) is 6.77. The second-order valence-electron chi connectivity index (χ2n) is 8.01. The van der Waals surface area contributed by atoms with Crippen molar-refractivity contribution in [2.24, 2.45) is 7.05 Å². The van der Waals surface area contributed by atoms with Crippen LogP contribution in [0, 0.1) is 20.8 Å². The number of piperazine rings is 1. The highest BCUT2D eigenvalue weighted by Gasteiger charge is 2.35. The largest absolute Gasteiger partial charge is 0.339 e. The molecule has 0 aliphatic carbocycles. The van der Waals surface area contributed by atoms with Gasteiger partial charge in [-0.15, -0.1) is 0 Å². The summed E-state index contributed by atoms with van der Waals surface area (Å²) in [5, 5.41) is 4.18. The Morgan fingerprint density at radius 3 is 2.06 bits per heavy atom. The van der Waals surface area contributed by atoms with Gasteiger partial charge in [-0.2, -0.15) is 14.1 Å². The number of amides is 1. The molecule has 3 rings (SSSR count). The van der Waals surface area contributed by atoms with Gasteiger partial charge in [0.25, 0.3) is 0 Å². The first kappa shape index (κ1) is 24.4. The van der Waals surface area contributed by atoms with Crippen molar-refractivity contribution in [2.45, 2.75) is 43.5 Å². The third-order valence-corrected chi connectivity index (χ3v) is 9.33. The number of nitrogens with one attached hydrogen (secondary N) is 1. The van der Waals surface area contributed by atoms with Crippen LogP contribution in [0.15, 0.2) is 34.1 Å². The van der Waals surface area contributed by atoms with Gasteiger partial charge in [0.05, 0.1) is 22.3 Å². The van der Waals surface area contributed by atoms with Crippen molar-refractivity contribution in [1.82, 2.24) is 23.7 Å². The summed E-state index contributed by atoms with van der Waals surface area (Å²) in [4.78, 5) is 14.6. The highest BCUT2D eigenvalue weighted by molar-refractivity contribution is 7.89. The highest BCUT2D eigenvalue weighted by atomic mass is 32.2. The van der Waals surface area contributed by atoms with E-state index in [0.717, 1.165) is 5.56 Å². The SMILES string of the molecule is Cc1ccc(S(=O)(=O)N[C@H](C)C(=O)N2CCN(S(=O)(=O)c3c(C)nn(C)c3C)CC2)cc1. The number of carbonyl (C=O) groups excluding carboxylic acids is 1. The number of benzene rings is 1. The van der Waals surface area contributed by atoms with Gasteiger partial charge in [-0.3, -0.25) is 9.48 Å². The first-order valence-electron chi connectivity index (χ1n) is 10.2. The van der Waals surface area contributed by atoms with Gasteiger partial charge < -0.3 is 4.90 Å². The van der Waals surface area contributed by atoms with E-state index in [9.17, 15) is 21.6 Å². The number of carbonyl (C=O) groups is 1. The standard InChI is InChI=1S/C20H29N5O5S2/c1-14-6-8-18(9-7-14)31(27,28)22-16(3)20(26)24-10-12-25(13-11-24)32(29,30)19-15(2)21-23(5)17(19)4/h6-9,16,22H,10-13H2,1-5H3/t16-/m1/s1. The Morgan fingerprint density at radius 1 is 1.00 bits per heavy atom. The van der Waals surface area contributed by atoms with Gasteiger partial charge >= 0.3 is 0 Å². The lowest BCUT2D eigenvalue weighted by Gasteiger charge is -2.35. The van der Waals surface area contributed by atoms with Crippen LogP contribution in [0.2, 0.25) is 0 Å². The van der Waals surface area contributed by atoms with Crippen LogP contribution in [0.3, 0.4) is 0 Å². The van der Waals surface area contributed by atoms with Crippen molar-refractivity contribution in [3.63, 3.8) is 0 Å². The third kappa shape index (κ3) is 4.72. The zero-order valence-corrected chi connectivity index (χ0v) is 20.5. The van der Waals surface area contributed by atoms with Crippen LogP contribution in [0.25, 0.3) is 0 Å². The predicted molar refractivity (Wildman–Crippen MR) is 119 cm³/mol. The van der Waals surface area contributed by atoms with Gasteiger partial charge in [-0.25, -0.2) is 16.8 Å². The zero-order valence-electron chi connectivity index (χ0n) is 18.9. The smallest absolute Gasteiger partial charge is 0.246 e. The summed E-state index contributed by atoms with van der Waals surface area (Å²) in [5.74, 6) is -0.397. The molecule has 2 heterocycles. The van der Waals surface area contributed by atoms with E-state index in [2.05, 4.69) is 9.82 Å². The van der Waals surface area contributed by atoms with E-state index < -0.39 is 32.0 Å². The molecular formula is C20H29N5O5S2. The first-order valence-corrected chi connectivity index (χ1v) is 13.1. The molecular weight excluding hydrogens is 454 g/mol. The van der Waals surface area contributed by atoms with Crippen molar-refractivity contribution in [2.75, 3.05) is 26.2 Å². The lowest BCUT2D eigenvalue weighted by molar-refractivity contribution is -0.133. The van der Waals surface area contributed by atoms with E-state index in [0.29, 0.717) is 11.4 Å². The third-order valence-electron chi connectivity index (χ3n) is 5.62. The quantitative estimate of drug-likeness (QED) is 0.640. The first-order chi connectivity index (χ1) is 14.8. The molecule has 1 N–H and O–H groups in total. The molecule has 1 saturated heterocycles. The van der Waals surface area contributed by atoms with Gasteiger partial charge in [-0.05, 0) is 39.8 Å². The van der Waals surface area contributed by atoms with Crippen LogP contribution < -0.4 is 4.72 Å². The lowest BCUT2D eigenvalue weighted by Crippen LogP contribution is -2.55. The van der Waals surface area contributed by atoms with Gasteiger partial charge in [0, 0.05) is 33.2 Å². The minimum Gasteiger partial charge on any atom is -0.339 e. The molecule has 1 aromatic heterocycles. The Balaban J connectivity index is 1.65. The summed E-state index contributed by atoms with van der Waals surface area (Å²) in [6, 6.07) is 5.37. The summed E-state index contributed by atoms with van der Waals surface area (Å²) >= 11 is 0. The molecule has 1 fully saturated rings. The van der Waals surface area contributed by atoms with Gasteiger partial charge in [-0.1, -0.05) is 17.7 Å². The fourth-order valence-electron chi connectivity index (χ4n) is 3.75. The molecule has 12 heteroatoms. The molecule has 2 aromatic rings. The Kier molecular flexibility index (Phi) is 6.80. The number of aromatic nitrogens is 2. The van der Waals surface area contributed by atoms with Crippen LogP contribution in [-0.2, 0) is 31.9 Å². The monoisotopic (exact) mass is 483 g/mol. The van der Waals surface area contributed by atoms with Gasteiger partial charge in [0.2, 0.25) is 26.0 Å². The maximum absolute atomic E-state index is 13.1. The van der Waals surface area contributed by atoms with Crippen LogP contribution >= 0.6 is 0 Å². The Morgan fingerprint density at radius 2 is 1.56 bits per heavy atom. The molecule has 0 spiro atoms. The van der Waals surface area contributed by atoms with Crippen molar-refractivity contribution in [3.05, 3.63) is 41.2 Å². The lowest BCUT2D eigenvalue weighted by atomic mass is 10.2. The molecule has 0 bridgehead atoms. The molecule has 0 radical (unpaired) electrons. The Labute approximate surface area is 189 Å². The summed E-state index contributed by atoms with van der Waals surface area (Å²) in [6.07, 6.45) is 0. The van der Waals surface area contributed by atoms with Gasteiger partial charge in [0.15, 0.2) is 0 Å². The summed E-state index contributed by atoms with van der Waals surface area (Å²) in [7, 11) is -5.90. The molecule has 0 unspecified atom stereocenters. The second kappa shape index (κ2) is 8.93. The minimum absolute atomic E-state index is 0.0841. The maximum atomic E-state index is 13.1. The molecule has 1 aromatic carbocycles. The predicted octanol–water partition coefficient (Wildman–Crippen LogP) is 0.545. The van der Waals surface area contributed by atoms with Crippen LogP contribution in [0.1, 0.15) is 23.9 Å². The van der Waals surface area contributed by atoms with Gasteiger partial charge in [0.1, 0.15) is 4.90 Å². The summed E-state index contributed by atoms with van der Waals surface area (Å²) < 4.78 is 56.6. The zero-order chi connectivity index (χ0) is 23.8. The molecule has 1 aliphatic heterocycles. The highest BCUT2D eigenvalue weighted by Crippen LogP contribution is 2.24. The molecule has 10 nitrogen and oxygen atoms in total. The minimum atomic E-state index is -3.85. The van der Waals surface area contributed by atoms with Crippen molar-refractivity contribution in [3.8, 4) is 0 Å².